The number of alkyl halides is 2. The van der Waals surface area contributed by atoms with E-state index < -0.39 is 5.92 Å². The number of pyridine rings is 2. The number of nitrogens with one attached hydrogen (secondary N) is 2. The number of anilines is 1. The number of H-pyrrole nitrogens is 2. The zero-order valence-electron chi connectivity index (χ0n) is 21.8. The van der Waals surface area contributed by atoms with Gasteiger partial charge in [0.25, 0.3) is 5.92 Å². The summed E-state index contributed by atoms with van der Waals surface area (Å²) in [6.07, 6.45) is 5.36. The van der Waals surface area contributed by atoms with Gasteiger partial charge in [0, 0.05) is 80.6 Å². The molecule has 2 N–H and O–H groups in total. The van der Waals surface area contributed by atoms with Crippen molar-refractivity contribution < 1.29 is 8.78 Å². The van der Waals surface area contributed by atoms with Gasteiger partial charge in [-0.15, -0.1) is 0 Å². The van der Waals surface area contributed by atoms with E-state index in [1.807, 2.05) is 36.7 Å². The van der Waals surface area contributed by atoms with Crippen molar-refractivity contribution in [3.63, 3.8) is 0 Å². The van der Waals surface area contributed by atoms with Gasteiger partial charge >= 0.3 is 0 Å². The van der Waals surface area contributed by atoms with E-state index >= 15 is 0 Å². The number of hydrogen-bond donors (Lipinski definition) is 2. The van der Waals surface area contributed by atoms with Crippen molar-refractivity contribution in [3.05, 3.63) is 60.6 Å². The number of rotatable bonds is 5. The van der Waals surface area contributed by atoms with Gasteiger partial charge in [0.15, 0.2) is 0 Å². The summed E-state index contributed by atoms with van der Waals surface area (Å²) in [5.74, 6) is -1.60. The maximum atomic E-state index is 13.7. The van der Waals surface area contributed by atoms with Crippen LogP contribution in [0.5, 0.6) is 0 Å². The average molecular weight is 529 g/mol. The minimum Gasteiger partial charge on any atom is -0.353 e. The van der Waals surface area contributed by atoms with E-state index in [9.17, 15) is 8.78 Å². The molecule has 0 atom stereocenters. The molecule has 0 radical (unpaired) electrons. The fourth-order valence-corrected chi connectivity index (χ4v) is 5.77. The molecule has 0 amide bonds. The number of benzene rings is 1. The molecule has 4 aromatic heterocycles. The molecule has 0 bridgehead atoms. The molecule has 6 heterocycles. The number of likely N-dealkylation sites (N-methyl/N-ethyl adjacent to an activating group) is 1. The van der Waals surface area contributed by atoms with Crippen LogP contribution in [0.1, 0.15) is 12.0 Å². The average Bonchev–Trinajstić information content (AvgIpc) is 3.64. The molecule has 0 aliphatic carbocycles. The second kappa shape index (κ2) is 9.39. The smallest absolute Gasteiger partial charge is 0.261 e. The van der Waals surface area contributed by atoms with Gasteiger partial charge in [-0.2, -0.15) is 5.10 Å². The monoisotopic (exact) mass is 528 g/mol. The Balaban J connectivity index is 1.21. The van der Waals surface area contributed by atoms with E-state index in [0.29, 0.717) is 13.1 Å². The Kier molecular flexibility index (Phi) is 5.82. The maximum absolute atomic E-state index is 13.7. The third-order valence-corrected chi connectivity index (χ3v) is 7.93. The lowest BCUT2D eigenvalue weighted by Crippen LogP contribution is -2.44. The molecule has 0 saturated carbocycles. The first kappa shape index (κ1) is 24.2. The Morgan fingerprint density at radius 3 is 2.62 bits per heavy atom. The highest BCUT2D eigenvalue weighted by molar-refractivity contribution is 6.00. The van der Waals surface area contributed by atoms with Crippen LogP contribution in [0.4, 0.5) is 14.6 Å². The van der Waals surface area contributed by atoms with Crippen molar-refractivity contribution in [2.45, 2.75) is 18.9 Å². The van der Waals surface area contributed by atoms with E-state index in [-0.39, 0.29) is 13.0 Å². The van der Waals surface area contributed by atoms with E-state index in [4.69, 9.17) is 4.98 Å². The van der Waals surface area contributed by atoms with Crippen LogP contribution >= 0.6 is 0 Å². The highest BCUT2D eigenvalue weighted by Gasteiger charge is 2.37. The van der Waals surface area contributed by atoms with Crippen molar-refractivity contribution in [1.29, 1.82) is 0 Å². The van der Waals surface area contributed by atoms with E-state index in [0.717, 1.165) is 81.9 Å². The van der Waals surface area contributed by atoms with Gasteiger partial charge in [0.2, 0.25) is 0 Å². The van der Waals surface area contributed by atoms with Crippen molar-refractivity contribution in [3.8, 4) is 22.5 Å². The number of likely N-dealkylation sites (tertiary alicyclic amines) is 1. The van der Waals surface area contributed by atoms with Crippen LogP contribution in [0.2, 0.25) is 0 Å². The Hall–Kier alpha value is -3.89. The molecule has 0 spiro atoms. The quantitative estimate of drug-likeness (QED) is 0.343. The first-order valence-electron chi connectivity index (χ1n) is 13.4. The van der Waals surface area contributed by atoms with E-state index in [1.54, 1.807) is 11.1 Å². The molecule has 2 aliphatic rings. The van der Waals surface area contributed by atoms with Crippen LogP contribution in [-0.4, -0.2) is 87.2 Å². The lowest BCUT2D eigenvalue weighted by molar-refractivity contribution is 0.0115. The van der Waals surface area contributed by atoms with Gasteiger partial charge in [-0.05, 0) is 48.5 Å². The molecule has 2 fully saturated rings. The largest absolute Gasteiger partial charge is 0.353 e. The summed E-state index contributed by atoms with van der Waals surface area (Å²) in [7, 11) is 2.15. The van der Waals surface area contributed by atoms with E-state index in [1.165, 1.54) is 0 Å². The lowest BCUT2D eigenvalue weighted by Gasteiger charge is -2.33. The molecule has 0 unspecified atom stereocenters. The van der Waals surface area contributed by atoms with Gasteiger partial charge < -0.3 is 14.8 Å². The molecule has 7 rings (SSSR count). The van der Waals surface area contributed by atoms with Crippen molar-refractivity contribution in [2.75, 3.05) is 51.2 Å². The van der Waals surface area contributed by atoms with Crippen molar-refractivity contribution in [1.82, 2.24) is 34.9 Å². The molecule has 39 heavy (non-hydrogen) atoms. The third kappa shape index (κ3) is 4.63. The number of hydrogen-bond acceptors (Lipinski definition) is 6. The zero-order chi connectivity index (χ0) is 26.6. The zero-order valence-corrected chi connectivity index (χ0v) is 21.8. The number of aromatic nitrogens is 5. The molecular weight excluding hydrogens is 498 g/mol. The topological polar surface area (TPSA) is 80.0 Å². The van der Waals surface area contributed by atoms with Crippen LogP contribution in [0.25, 0.3) is 44.3 Å². The standard InChI is InChI=1S/C29H30F2N8/c1-37-8-10-39(11-9-37)28-23-14-26(34-24(23)4-6-33-28)27-22-13-20(2-3-25(22)35-36-27)21-12-19(15-32-16-21)17-38-7-5-29(30,31)18-38/h2-4,6,12-16,34H,5,7-11,17-18H2,1H3,(H,35,36). The Morgan fingerprint density at radius 2 is 1.79 bits per heavy atom. The summed E-state index contributed by atoms with van der Waals surface area (Å²) in [6, 6.07) is 12.4. The van der Waals surface area contributed by atoms with Crippen LogP contribution in [0.3, 0.4) is 0 Å². The fraction of sp³-hybridized carbons (Fsp3) is 0.345. The molecule has 10 heteroatoms. The van der Waals surface area contributed by atoms with Gasteiger partial charge in [-0.25, -0.2) is 13.8 Å². The Bertz CT molecular complexity index is 1650. The molecule has 2 saturated heterocycles. The lowest BCUT2D eigenvalue weighted by atomic mass is 10.0. The van der Waals surface area contributed by atoms with Gasteiger partial charge in [0.1, 0.15) is 11.5 Å². The van der Waals surface area contributed by atoms with Crippen LogP contribution in [0, 0.1) is 0 Å². The number of aromatic amines is 2. The second-order valence-electron chi connectivity index (χ2n) is 10.8. The number of piperazine rings is 1. The van der Waals surface area contributed by atoms with Crippen LogP contribution in [-0.2, 0) is 6.54 Å². The molecule has 8 nitrogen and oxygen atoms in total. The predicted octanol–water partition coefficient (Wildman–Crippen LogP) is 4.76. The van der Waals surface area contributed by atoms with E-state index in [2.05, 4.69) is 49.1 Å². The van der Waals surface area contributed by atoms with Crippen molar-refractivity contribution in [2.24, 2.45) is 0 Å². The van der Waals surface area contributed by atoms with Crippen LogP contribution in [0.15, 0.2) is 55.0 Å². The third-order valence-electron chi connectivity index (χ3n) is 7.93. The van der Waals surface area contributed by atoms with Gasteiger partial charge in [-0.3, -0.25) is 15.0 Å². The minimum atomic E-state index is -2.60. The van der Waals surface area contributed by atoms with Gasteiger partial charge in [0.05, 0.1) is 23.3 Å². The summed E-state index contributed by atoms with van der Waals surface area (Å²) in [4.78, 5) is 19.2. The fourth-order valence-electron chi connectivity index (χ4n) is 5.77. The number of fused-ring (bicyclic) bond motifs is 2. The predicted molar refractivity (Wildman–Crippen MR) is 149 cm³/mol. The Morgan fingerprint density at radius 1 is 0.923 bits per heavy atom. The maximum Gasteiger partial charge on any atom is 0.261 e. The molecule has 1 aromatic carbocycles. The summed E-state index contributed by atoms with van der Waals surface area (Å²) >= 11 is 0. The number of halogens is 2. The summed E-state index contributed by atoms with van der Waals surface area (Å²) in [6.45, 7) is 4.60. The summed E-state index contributed by atoms with van der Waals surface area (Å²) in [5.41, 5.74) is 6.62. The summed E-state index contributed by atoms with van der Waals surface area (Å²) < 4.78 is 27.3. The molecule has 2 aliphatic heterocycles. The SMILES string of the molecule is CN1CCN(c2nccc3[nH]c(-c4n[nH]c5ccc(-c6cncc(CN7CCC(F)(F)C7)c6)cc45)cc23)CC1. The van der Waals surface area contributed by atoms with Crippen LogP contribution < -0.4 is 4.90 Å². The van der Waals surface area contributed by atoms with Gasteiger partial charge in [-0.1, -0.05) is 6.07 Å². The second-order valence-corrected chi connectivity index (χ2v) is 10.8. The Labute approximate surface area is 224 Å². The highest BCUT2D eigenvalue weighted by atomic mass is 19.3. The normalized spacial score (nSPS) is 18.5. The molecule has 5 aromatic rings. The number of nitrogens with zero attached hydrogens (tertiary/aromatic N) is 6. The first-order valence-corrected chi connectivity index (χ1v) is 13.4. The highest BCUT2D eigenvalue weighted by Crippen LogP contribution is 2.34. The first-order chi connectivity index (χ1) is 18.9. The molecule has 200 valence electrons. The molecular formula is C29H30F2N8. The van der Waals surface area contributed by atoms with Crippen molar-refractivity contribution >= 4 is 27.6 Å². The minimum absolute atomic E-state index is 0.0826. The summed E-state index contributed by atoms with van der Waals surface area (Å²) in [5, 5.41) is 9.91.